The minimum absolute atomic E-state index is 0.0695. The predicted molar refractivity (Wildman–Crippen MR) is 74.6 cm³/mol. The third-order valence-corrected chi connectivity index (χ3v) is 3.89. The lowest BCUT2D eigenvalue weighted by Gasteiger charge is -2.25. The van der Waals surface area contributed by atoms with E-state index in [0.717, 1.165) is 16.9 Å². The number of aromatic nitrogens is 2. The molecule has 1 amide bonds. The summed E-state index contributed by atoms with van der Waals surface area (Å²) in [4.78, 5) is 19.7. The summed E-state index contributed by atoms with van der Waals surface area (Å²) in [5.74, 6) is 1.56. The minimum Gasteiger partial charge on any atom is -0.346 e. The summed E-state index contributed by atoms with van der Waals surface area (Å²) >= 11 is 0. The van der Waals surface area contributed by atoms with Gasteiger partial charge in [-0.15, -0.1) is 0 Å². The van der Waals surface area contributed by atoms with Crippen molar-refractivity contribution in [2.75, 3.05) is 0 Å². The first-order chi connectivity index (χ1) is 9.22. The molecule has 1 aromatic heterocycles. The molecule has 100 valence electrons. The number of H-pyrrole nitrogens is 1. The van der Waals surface area contributed by atoms with E-state index in [1.54, 1.807) is 0 Å². The van der Waals surface area contributed by atoms with Gasteiger partial charge in [0.2, 0.25) is 5.91 Å². The van der Waals surface area contributed by atoms with Crippen LogP contribution in [0.2, 0.25) is 0 Å². The highest BCUT2D eigenvalue weighted by Gasteiger charge is 2.22. The van der Waals surface area contributed by atoms with Crippen molar-refractivity contribution >= 4 is 16.9 Å². The van der Waals surface area contributed by atoms with Gasteiger partial charge in [0.15, 0.2) is 0 Å². The van der Waals surface area contributed by atoms with Crippen molar-refractivity contribution < 1.29 is 4.79 Å². The summed E-state index contributed by atoms with van der Waals surface area (Å²) in [5, 5.41) is 3.02. The van der Waals surface area contributed by atoms with E-state index < -0.39 is 0 Å². The number of benzene rings is 1. The molecule has 1 unspecified atom stereocenters. The van der Waals surface area contributed by atoms with Gasteiger partial charge in [-0.3, -0.25) is 4.79 Å². The molecular weight excluding hydrogens is 238 g/mol. The molecular formula is C15H19N3O. The number of hydrogen-bond donors (Lipinski definition) is 2. The summed E-state index contributed by atoms with van der Waals surface area (Å²) < 4.78 is 0. The number of aromatic amines is 1. The molecule has 0 radical (unpaired) electrons. The third kappa shape index (κ3) is 2.62. The van der Waals surface area contributed by atoms with E-state index in [4.69, 9.17) is 0 Å². The topological polar surface area (TPSA) is 57.8 Å². The number of nitrogens with zero attached hydrogens (tertiary/aromatic N) is 1. The molecule has 1 atom stereocenters. The van der Waals surface area contributed by atoms with Crippen molar-refractivity contribution in [1.29, 1.82) is 0 Å². The molecule has 0 aliphatic heterocycles. The number of rotatable bonds is 4. The molecule has 1 aromatic carbocycles. The van der Waals surface area contributed by atoms with Crippen LogP contribution in [0.5, 0.6) is 0 Å². The van der Waals surface area contributed by atoms with Gasteiger partial charge in [-0.25, -0.2) is 4.98 Å². The summed E-state index contributed by atoms with van der Waals surface area (Å²) in [6, 6.07) is 7.84. The maximum atomic E-state index is 11.9. The van der Waals surface area contributed by atoms with Crippen LogP contribution in [0, 0.1) is 5.92 Å². The largest absolute Gasteiger partial charge is 0.346 e. The van der Waals surface area contributed by atoms with E-state index in [0.29, 0.717) is 12.3 Å². The molecule has 0 spiro atoms. The van der Waals surface area contributed by atoms with E-state index in [1.165, 1.54) is 19.3 Å². The molecule has 1 fully saturated rings. The summed E-state index contributed by atoms with van der Waals surface area (Å²) in [7, 11) is 0. The van der Waals surface area contributed by atoms with E-state index in [-0.39, 0.29) is 11.9 Å². The van der Waals surface area contributed by atoms with Crippen LogP contribution < -0.4 is 5.32 Å². The van der Waals surface area contributed by atoms with Crippen LogP contribution in [0.15, 0.2) is 24.3 Å². The standard InChI is InChI=1S/C15H19N3O/c1-10(16-14(19)9-11-5-4-6-11)15-17-12-7-2-3-8-13(12)18-15/h2-3,7-8,10-11H,4-6,9H2,1H3,(H,16,19)(H,17,18). The predicted octanol–water partition coefficient (Wildman–Crippen LogP) is 2.93. The lowest BCUT2D eigenvalue weighted by molar-refractivity contribution is -0.123. The summed E-state index contributed by atoms with van der Waals surface area (Å²) in [6.45, 7) is 1.97. The Hall–Kier alpha value is -1.84. The molecule has 1 heterocycles. The Balaban J connectivity index is 1.65. The quantitative estimate of drug-likeness (QED) is 0.884. The number of para-hydroxylation sites is 2. The van der Waals surface area contributed by atoms with Crippen molar-refractivity contribution in [2.45, 2.75) is 38.6 Å². The van der Waals surface area contributed by atoms with Crippen molar-refractivity contribution in [3.05, 3.63) is 30.1 Å². The van der Waals surface area contributed by atoms with Gasteiger partial charge in [-0.05, 0) is 37.8 Å². The highest BCUT2D eigenvalue weighted by Crippen LogP contribution is 2.29. The zero-order valence-corrected chi connectivity index (χ0v) is 11.1. The minimum atomic E-state index is -0.0695. The summed E-state index contributed by atoms with van der Waals surface area (Å²) in [5.41, 5.74) is 1.95. The van der Waals surface area contributed by atoms with Gasteiger partial charge in [0, 0.05) is 6.42 Å². The normalized spacial score (nSPS) is 17.1. The van der Waals surface area contributed by atoms with Gasteiger partial charge < -0.3 is 10.3 Å². The Morgan fingerprint density at radius 2 is 2.26 bits per heavy atom. The van der Waals surface area contributed by atoms with Crippen LogP contribution in [-0.4, -0.2) is 15.9 Å². The van der Waals surface area contributed by atoms with Gasteiger partial charge in [-0.2, -0.15) is 0 Å². The maximum Gasteiger partial charge on any atom is 0.220 e. The number of imidazole rings is 1. The Kier molecular flexibility index (Phi) is 3.23. The van der Waals surface area contributed by atoms with Gasteiger partial charge in [0.05, 0.1) is 17.1 Å². The lowest BCUT2D eigenvalue weighted by Crippen LogP contribution is -2.30. The Bertz CT molecular complexity index is 553. The highest BCUT2D eigenvalue weighted by molar-refractivity contribution is 5.77. The van der Waals surface area contributed by atoms with Crippen molar-refractivity contribution in [3.63, 3.8) is 0 Å². The Morgan fingerprint density at radius 1 is 1.47 bits per heavy atom. The fourth-order valence-electron chi connectivity index (χ4n) is 2.51. The van der Waals surface area contributed by atoms with Crippen LogP contribution in [0.1, 0.15) is 44.5 Å². The van der Waals surface area contributed by atoms with Crippen LogP contribution in [0.4, 0.5) is 0 Å². The highest BCUT2D eigenvalue weighted by atomic mass is 16.1. The molecule has 3 rings (SSSR count). The molecule has 1 aliphatic rings. The van der Waals surface area contributed by atoms with Gasteiger partial charge in [0.25, 0.3) is 0 Å². The average Bonchev–Trinajstić information content (AvgIpc) is 2.77. The molecule has 0 bridgehead atoms. The molecule has 4 nitrogen and oxygen atoms in total. The fraction of sp³-hybridized carbons (Fsp3) is 0.467. The molecule has 0 saturated heterocycles. The molecule has 1 aliphatic carbocycles. The summed E-state index contributed by atoms with van der Waals surface area (Å²) in [6.07, 6.45) is 4.33. The van der Waals surface area contributed by atoms with Crippen LogP contribution in [-0.2, 0) is 4.79 Å². The second kappa shape index (κ2) is 5.03. The van der Waals surface area contributed by atoms with Gasteiger partial charge in [0.1, 0.15) is 5.82 Å². The molecule has 1 saturated carbocycles. The lowest BCUT2D eigenvalue weighted by atomic mass is 9.83. The van der Waals surface area contributed by atoms with Crippen molar-refractivity contribution in [3.8, 4) is 0 Å². The van der Waals surface area contributed by atoms with E-state index >= 15 is 0 Å². The van der Waals surface area contributed by atoms with Gasteiger partial charge in [-0.1, -0.05) is 18.6 Å². The van der Waals surface area contributed by atoms with Crippen molar-refractivity contribution in [1.82, 2.24) is 15.3 Å². The number of amides is 1. The smallest absolute Gasteiger partial charge is 0.220 e. The first kappa shape index (κ1) is 12.2. The number of nitrogens with one attached hydrogen (secondary N) is 2. The molecule has 19 heavy (non-hydrogen) atoms. The number of carbonyl (C=O) groups is 1. The Morgan fingerprint density at radius 3 is 2.95 bits per heavy atom. The second-order valence-electron chi connectivity index (χ2n) is 5.43. The van der Waals surface area contributed by atoms with Crippen LogP contribution in [0.25, 0.3) is 11.0 Å². The Labute approximate surface area is 112 Å². The SMILES string of the molecule is CC(NC(=O)CC1CCC1)c1nc2ccccc2[nH]1. The van der Waals surface area contributed by atoms with Crippen LogP contribution >= 0.6 is 0 Å². The fourth-order valence-corrected chi connectivity index (χ4v) is 2.51. The second-order valence-corrected chi connectivity index (χ2v) is 5.43. The van der Waals surface area contributed by atoms with Crippen LogP contribution in [0.3, 0.4) is 0 Å². The number of hydrogen-bond acceptors (Lipinski definition) is 2. The monoisotopic (exact) mass is 257 g/mol. The molecule has 2 aromatic rings. The maximum absolute atomic E-state index is 11.9. The number of carbonyl (C=O) groups excluding carboxylic acids is 1. The zero-order valence-electron chi connectivity index (χ0n) is 11.1. The van der Waals surface area contributed by atoms with E-state index in [9.17, 15) is 4.79 Å². The van der Waals surface area contributed by atoms with E-state index in [1.807, 2.05) is 31.2 Å². The number of fused-ring (bicyclic) bond motifs is 1. The zero-order chi connectivity index (χ0) is 13.2. The van der Waals surface area contributed by atoms with Gasteiger partial charge >= 0.3 is 0 Å². The molecule has 2 N–H and O–H groups in total. The third-order valence-electron chi connectivity index (χ3n) is 3.89. The first-order valence-corrected chi connectivity index (χ1v) is 6.96. The average molecular weight is 257 g/mol. The van der Waals surface area contributed by atoms with Crippen molar-refractivity contribution in [2.24, 2.45) is 5.92 Å². The molecule has 4 heteroatoms. The first-order valence-electron chi connectivity index (χ1n) is 6.96. The van der Waals surface area contributed by atoms with E-state index in [2.05, 4.69) is 15.3 Å².